The highest BCUT2D eigenvalue weighted by Crippen LogP contribution is 2.43. The molecule has 0 fully saturated rings. The van der Waals surface area contributed by atoms with Crippen molar-refractivity contribution < 1.29 is 33.4 Å². The van der Waals surface area contributed by atoms with Crippen molar-refractivity contribution in [3.05, 3.63) is 34.3 Å². The number of carbonyl (C=O) groups excluding carboxylic acids is 2. The number of rotatable bonds is 7. The van der Waals surface area contributed by atoms with E-state index in [4.69, 9.17) is 29.5 Å². The van der Waals surface area contributed by atoms with Crippen LogP contribution in [0.2, 0.25) is 0 Å². The molecule has 0 aliphatic carbocycles. The van der Waals surface area contributed by atoms with Gasteiger partial charge in [-0.25, -0.2) is 14.6 Å². The Morgan fingerprint density at radius 1 is 1.24 bits per heavy atom. The number of ether oxygens (including phenoxy) is 4. The molecule has 0 unspecified atom stereocenters. The number of aromatic nitrogens is 1. The second-order valence-corrected chi connectivity index (χ2v) is 9.46. The zero-order chi connectivity index (χ0) is 24.4. The number of nitrogens with two attached hydrogens (primary N) is 1. The fourth-order valence-corrected chi connectivity index (χ4v) is 3.44. The van der Waals surface area contributed by atoms with Crippen molar-refractivity contribution in [2.24, 2.45) is 5.16 Å². The van der Waals surface area contributed by atoms with E-state index in [-0.39, 0.29) is 35.3 Å². The van der Waals surface area contributed by atoms with E-state index in [1.54, 1.807) is 59.1 Å². The largest absolute Gasteiger partial charge is 0.461 e. The first-order chi connectivity index (χ1) is 15.4. The number of anilines is 1. The highest BCUT2D eigenvalue weighted by molar-refractivity contribution is 7.13. The van der Waals surface area contributed by atoms with Crippen LogP contribution in [0.1, 0.15) is 63.2 Å². The molecule has 1 aliphatic rings. The average Bonchev–Trinajstić information content (AvgIpc) is 3.25. The lowest BCUT2D eigenvalue weighted by Gasteiger charge is -2.19. The predicted octanol–water partition coefficient (Wildman–Crippen LogP) is 3.67. The maximum absolute atomic E-state index is 12.6. The third-order valence-corrected chi connectivity index (χ3v) is 4.75. The van der Waals surface area contributed by atoms with Gasteiger partial charge in [-0.2, -0.15) is 0 Å². The van der Waals surface area contributed by atoms with Crippen LogP contribution < -0.4 is 15.2 Å². The number of nitrogens with zero attached hydrogens (tertiary/aromatic N) is 2. The van der Waals surface area contributed by atoms with Crippen LogP contribution in [0.4, 0.5) is 5.13 Å². The zero-order valence-electron chi connectivity index (χ0n) is 19.4. The van der Waals surface area contributed by atoms with Crippen LogP contribution in [0, 0.1) is 0 Å². The number of benzene rings is 1. The van der Waals surface area contributed by atoms with Gasteiger partial charge in [0.1, 0.15) is 17.9 Å². The zero-order valence-corrected chi connectivity index (χ0v) is 20.2. The standard InChI is InChI=1S/C22H27N3O7S/c1-7-28-19(27)16(14-11-33-20(23)24-14)25-29-10-13-8-12(18(26)32-21(2,3)4)9-15-17(13)31-22(5,6)30-15/h8-9,11H,7,10H2,1-6H3,(H2,23,24)/b25-16-. The van der Waals surface area contributed by atoms with E-state index in [0.717, 1.165) is 11.3 Å². The summed E-state index contributed by atoms with van der Waals surface area (Å²) in [6, 6.07) is 3.14. The minimum absolute atomic E-state index is 0.123. The van der Waals surface area contributed by atoms with Gasteiger partial charge in [0.2, 0.25) is 11.5 Å². The first-order valence-corrected chi connectivity index (χ1v) is 11.1. The SMILES string of the molecule is CCOC(=O)/C(=N\OCc1cc(C(=O)OC(C)(C)C)cc2c1OC(C)(C)O2)c1csc(N)n1. The molecule has 0 atom stereocenters. The van der Waals surface area contributed by atoms with Crippen LogP contribution in [-0.2, 0) is 25.7 Å². The maximum Gasteiger partial charge on any atom is 0.362 e. The molecule has 178 valence electrons. The fraction of sp³-hybridized carbons (Fsp3) is 0.455. The van der Waals surface area contributed by atoms with E-state index in [1.165, 1.54) is 0 Å². The van der Waals surface area contributed by atoms with Crippen molar-refractivity contribution in [1.29, 1.82) is 0 Å². The van der Waals surface area contributed by atoms with E-state index in [9.17, 15) is 9.59 Å². The highest BCUT2D eigenvalue weighted by atomic mass is 32.1. The lowest BCUT2D eigenvalue weighted by molar-refractivity contribution is -0.135. The van der Waals surface area contributed by atoms with E-state index < -0.39 is 23.3 Å². The van der Waals surface area contributed by atoms with Crippen LogP contribution in [0.5, 0.6) is 11.5 Å². The summed E-state index contributed by atoms with van der Waals surface area (Å²) in [4.78, 5) is 34.5. The molecule has 2 heterocycles. The van der Waals surface area contributed by atoms with Crippen molar-refractivity contribution in [1.82, 2.24) is 4.98 Å². The summed E-state index contributed by atoms with van der Waals surface area (Å²) in [7, 11) is 0. The van der Waals surface area contributed by atoms with Crippen LogP contribution in [0.25, 0.3) is 0 Å². The second-order valence-electron chi connectivity index (χ2n) is 8.57. The maximum atomic E-state index is 12.6. The molecule has 1 aromatic carbocycles. The molecule has 0 saturated carbocycles. The average molecular weight is 478 g/mol. The normalized spacial score (nSPS) is 14.7. The topological polar surface area (TPSA) is 132 Å². The number of oxime groups is 1. The molecule has 0 spiro atoms. The summed E-state index contributed by atoms with van der Waals surface area (Å²) in [5, 5.41) is 5.79. The molecule has 0 radical (unpaired) electrons. The van der Waals surface area contributed by atoms with Crippen molar-refractivity contribution >= 4 is 34.1 Å². The third-order valence-electron chi connectivity index (χ3n) is 4.08. The van der Waals surface area contributed by atoms with Crippen LogP contribution in [-0.4, -0.2) is 40.6 Å². The predicted molar refractivity (Wildman–Crippen MR) is 121 cm³/mol. The minimum atomic E-state index is -0.929. The molecule has 33 heavy (non-hydrogen) atoms. The van der Waals surface area contributed by atoms with Gasteiger partial charge in [-0.15, -0.1) is 11.3 Å². The Balaban J connectivity index is 1.90. The monoisotopic (exact) mass is 477 g/mol. The number of nitrogen functional groups attached to an aromatic ring is 1. The quantitative estimate of drug-likeness (QED) is 0.360. The molecule has 3 rings (SSSR count). The molecular weight excluding hydrogens is 450 g/mol. The number of esters is 2. The van der Waals surface area contributed by atoms with Gasteiger partial charge in [0, 0.05) is 24.8 Å². The lowest BCUT2D eigenvalue weighted by Crippen LogP contribution is -2.29. The fourth-order valence-electron chi connectivity index (χ4n) is 2.90. The molecule has 11 heteroatoms. The first-order valence-electron chi connectivity index (χ1n) is 10.3. The van der Waals surface area contributed by atoms with Gasteiger partial charge in [-0.3, -0.25) is 0 Å². The Morgan fingerprint density at radius 2 is 1.97 bits per heavy atom. The summed E-state index contributed by atoms with van der Waals surface area (Å²) >= 11 is 1.16. The molecule has 10 nitrogen and oxygen atoms in total. The van der Waals surface area contributed by atoms with E-state index in [1.807, 2.05) is 0 Å². The van der Waals surface area contributed by atoms with Gasteiger partial charge in [-0.05, 0) is 39.8 Å². The second kappa shape index (κ2) is 9.26. The third kappa shape index (κ3) is 6.13. The number of hydrogen-bond acceptors (Lipinski definition) is 11. The molecule has 0 saturated heterocycles. The Hall–Kier alpha value is -3.34. The summed E-state index contributed by atoms with van der Waals surface area (Å²) < 4.78 is 22.2. The highest BCUT2D eigenvalue weighted by Gasteiger charge is 2.35. The van der Waals surface area contributed by atoms with E-state index >= 15 is 0 Å². The molecule has 0 amide bonds. The number of fused-ring (bicyclic) bond motifs is 1. The van der Waals surface area contributed by atoms with Gasteiger partial charge < -0.3 is 29.5 Å². The van der Waals surface area contributed by atoms with Crippen molar-refractivity contribution in [2.45, 2.75) is 59.5 Å². The Morgan fingerprint density at radius 3 is 2.58 bits per heavy atom. The van der Waals surface area contributed by atoms with Gasteiger partial charge in [0.25, 0.3) is 0 Å². The van der Waals surface area contributed by atoms with Crippen LogP contribution in [0.15, 0.2) is 22.7 Å². The molecular formula is C22H27N3O7S. The van der Waals surface area contributed by atoms with E-state index in [2.05, 4.69) is 10.1 Å². The summed E-state index contributed by atoms with van der Waals surface area (Å²) in [5.41, 5.74) is 5.88. The number of hydrogen-bond donors (Lipinski definition) is 1. The Labute approximate surface area is 195 Å². The Kier molecular flexibility index (Phi) is 6.82. The summed E-state index contributed by atoms with van der Waals surface area (Å²) in [6.45, 7) is 10.5. The lowest BCUT2D eigenvalue weighted by atomic mass is 10.1. The number of carbonyl (C=O) groups is 2. The van der Waals surface area contributed by atoms with Crippen LogP contribution >= 0.6 is 11.3 Å². The minimum Gasteiger partial charge on any atom is -0.461 e. The van der Waals surface area contributed by atoms with Gasteiger partial charge >= 0.3 is 11.9 Å². The van der Waals surface area contributed by atoms with Gasteiger partial charge in [0.15, 0.2) is 16.6 Å². The molecule has 2 N–H and O–H groups in total. The van der Waals surface area contributed by atoms with Crippen LogP contribution in [0.3, 0.4) is 0 Å². The Bertz CT molecular complexity index is 1090. The molecule has 2 aromatic rings. The first kappa shape index (κ1) is 24.3. The van der Waals surface area contributed by atoms with Crippen molar-refractivity contribution in [3.8, 4) is 11.5 Å². The van der Waals surface area contributed by atoms with Gasteiger partial charge in [-0.1, -0.05) is 5.16 Å². The molecule has 1 aliphatic heterocycles. The molecule has 1 aromatic heterocycles. The van der Waals surface area contributed by atoms with Crippen molar-refractivity contribution in [3.63, 3.8) is 0 Å². The number of thiazole rings is 1. The smallest absolute Gasteiger partial charge is 0.362 e. The molecule has 0 bridgehead atoms. The van der Waals surface area contributed by atoms with E-state index in [0.29, 0.717) is 17.1 Å². The summed E-state index contributed by atoms with van der Waals surface area (Å²) in [5.74, 6) is -1.35. The summed E-state index contributed by atoms with van der Waals surface area (Å²) in [6.07, 6.45) is 0. The van der Waals surface area contributed by atoms with Crippen molar-refractivity contribution in [2.75, 3.05) is 12.3 Å². The van der Waals surface area contributed by atoms with Gasteiger partial charge in [0.05, 0.1) is 12.2 Å².